The summed E-state index contributed by atoms with van der Waals surface area (Å²) >= 11 is 0. The molecule has 3 nitrogen and oxygen atoms in total. The Hall–Kier alpha value is -0.800. The van der Waals surface area contributed by atoms with E-state index in [2.05, 4.69) is 31.4 Å². The van der Waals surface area contributed by atoms with Gasteiger partial charge in [-0.3, -0.25) is 0 Å². The molecule has 1 N–H and O–H groups in total. The summed E-state index contributed by atoms with van der Waals surface area (Å²) in [6.07, 6.45) is 5.17. The molecule has 2 aliphatic carbocycles. The Labute approximate surface area is 121 Å². The van der Waals surface area contributed by atoms with Crippen LogP contribution in [0.4, 0.5) is 0 Å². The van der Waals surface area contributed by atoms with Crippen molar-refractivity contribution >= 4 is 0 Å². The Balaban J connectivity index is 1.96. The van der Waals surface area contributed by atoms with E-state index in [0.29, 0.717) is 0 Å². The summed E-state index contributed by atoms with van der Waals surface area (Å²) in [7, 11) is 1.84. The highest BCUT2D eigenvalue weighted by Gasteiger charge is 2.40. The standard InChI is InChI=1S/C17H27NO2/c1-12-8-13-14(9-16(2,3)10-15(13)19)18(12)11-17(20-4)6-5-7-17/h8,15,19H,5-7,9-11H2,1-4H3. The van der Waals surface area contributed by atoms with E-state index in [4.69, 9.17) is 4.74 Å². The molecule has 0 aliphatic heterocycles. The molecule has 3 rings (SSSR count). The van der Waals surface area contributed by atoms with Crippen molar-refractivity contribution in [3.63, 3.8) is 0 Å². The van der Waals surface area contributed by atoms with Crippen LogP contribution in [0.3, 0.4) is 0 Å². The van der Waals surface area contributed by atoms with Crippen molar-refractivity contribution in [1.82, 2.24) is 4.57 Å². The van der Waals surface area contributed by atoms with Crippen LogP contribution >= 0.6 is 0 Å². The number of aromatic nitrogens is 1. The predicted molar refractivity (Wildman–Crippen MR) is 79.8 cm³/mol. The molecule has 1 unspecified atom stereocenters. The number of hydrogen-bond donors (Lipinski definition) is 1. The van der Waals surface area contributed by atoms with Crippen LogP contribution in [0.25, 0.3) is 0 Å². The maximum atomic E-state index is 10.4. The topological polar surface area (TPSA) is 34.4 Å². The van der Waals surface area contributed by atoms with Crippen molar-refractivity contribution in [3.05, 3.63) is 23.0 Å². The van der Waals surface area contributed by atoms with Gasteiger partial charge in [-0.2, -0.15) is 0 Å². The fraction of sp³-hybridized carbons (Fsp3) is 0.765. The number of rotatable bonds is 3. The number of aliphatic hydroxyl groups excluding tert-OH is 1. The predicted octanol–water partition coefficient (Wildman–Crippen LogP) is 3.37. The van der Waals surface area contributed by atoms with Crippen LogP contribution in [0, 0.1) is 12.3 Å². The van der Waals surface area contributed by atoms with E-state index in [9.17, 15) is 5.11 Å². The molecule has 2 aliphatic rings. The normalized spacial score (nSPS) is 26.9. The molecular formula is C17H27NO2. The fourth-order valence-corrected chi connectivity index (χ4v) is 3.91. The zero-order valence-electron chi connectivity index (χ0n) is 13.2. The third-order valence-corrected chi connectivity index (χ3v) is 5.34. The molecule has 0 radical (unpaired) electrons. The average Bonchev–Trinajstić information content (AvgIpc) is 2.60. The van der Waals surface area contributed by atoms with Crippen LogP contribution in [0.1, 0.15) is 62.6 Å². The monoisotopic (exact) mass is 277 g/mol. The summed E-state index contributed by atoms with van der Waals surface area (Å²) in [6, 6.07) is 2.18. The second kappa shape index (κ2) is 4.60. The van der Waals surface area contributed by atoms with Gasteiger partial charge in [0.1, 0.15) is 0 Å². The molecule has 1 fully saturated rings. The molecule has 0 aromatic carbocycles. The number of aryl methyl sites for hydroxylation is 1. The first-order valence-corrected chi connectivity index (χ1v) is 7.78. The lowest BCUT2D eigenvalue weighted by Crippen LogP contribution is -2.44. The lowest BCUT2D eigenvalue weighted by molar-refractivity contribution is -0.0845. The van der Waals surface area contributed by atoms with Crippen LogP contribution in [0.2, 0.25) is 0 Å². The van der Waals surface area contributed by atoms with E-state index in [0.717, 1.165) is 37.8 Å². The molecule has 1 heterocycles. The minimum atomic E-state index is -0.311. The molecule has 1 saturated carbocycles. The Kier molecular flexibility index (Phi) is 3.26. The third-order valence-electron chi connectivity index (χ3n) is 5.34. The average molecular weight is 277 g/mol. The molecule has 3 heteroatoms. The van der Waals surface area contributed by atoms with Gasteiger partial charge in [-0.25, -0.2) is 0 Å². The maximum absolute atomic E-state index is 10.4. The van der Waals surface area contributed by atoms with Gasteiger partial charge in [0.05, 0.1) is 18.2 Å². The van der Waals surface area contributed by atoms with Gasteiger partial charge in [0.25, 0.3) is 0 Å². The van der Waals surface area contributed by atoms with Crippen molar-refractivity contribution in [2.75, 3.05) is 7.11 Å². The lowest BCUT2D eigenvalue weighted by atomic mass is 9.75. The zero-order chi connectivity index (χ0) is 14.5. The van der Waals surface area contributed by atoms with Gasteiger partial charge in [0, 0.05) is 24.1 Å². The van der Waals surface area contributed by atoms with Gasteiger partial charge < -0.3 is 14.4 Å². The minimum Gasteiger partial charge on any atom is -0.388 e. The molecule has 1 aromatic rings. The second-order valence-corrected chi connectivity index (χ2v) is 7.58. The highest BCUT2D eigenvalue weighted by atomic mass is 16.5. The lowest BCUT2D eigenvalue weighted by Gasteiger charge is -2.42. The molecule has 1 aromatic heterocycles. The van der Waals surface area contributed by atoms with Gasteiger partial charge in [0.2, 0.25) is 0 Å². The number of methoxy groups -OCH3 is 1. The van der Waals surface area contributed by atoms with E-state index < -0.39 is 0 Å². The summed E-state index contributed by atoms with van der Waals surface area (Å²) in [5.41, 5.74) is 3.94. The molecule has 20 heavy (non-hydrogen) atoms. The van der Waals surface area contributed by atoms with E-state index in [1.165, 1.54) is 17.8 Å². The molecule has 0 spiro atoms. The Morgan fingerprint density at radius 2 is 2.10 bits per heavy atom. The molecular weight excluding hydrogens is 250 g/mol. The number of fused-ring (bicyclic) bond motifs is 1. The first-order valence-electron chi connectivity index (χ1n) is 7.78. The van der Waals surface area contributed by atoms with Crippen molar-refractivity contribution < 1.29 is 9.84 Å². The first-order chi connectivity index (χ1) is 9.36. The van der Waals surface area contributed by atoms with Crippen LogP contribution in [0.15, 0.2) is 6.07 Å². The second-order valence-electron chi connectivity index (χ2n) is 7.58. The number of nitrogens with zero attached hydrogens (tertiary/aromatic N) is 1. The van der Waals surface area contributed by atoms with Crippen LogP contribution in [-0.4, -0.2) is 22.4 Å². The van der Waals surface area contributed by atoms with Crippen molar-refractivity contribution in [1.29, 1.82) is 0 Å². The SMILES string of the molecule is COC1(Cn2c(C)cc3c2CC(C)(C)CC3O)CCC1. The van der Waals surface area contributed by atoms with Crippen LogP contribution < -0.4 is 0 Å². The van der Waals surface area contributed by atoms with E-state index in [-0.39, 0.29) is 17.1 Å². The Bertz CT molecular complexity index is 506. The highest BCUT2D eigenvalue weighted by Crippen LogP contribution is 2.44. The summed E-state index contributed by atoms with van der Waals surface area (Å²) in [5.74, 6) is 0. The molecule has 0 bridgehead atoms. The molecule has 0 saturated heterocycles. The van der Waals surface area contributed by atoms with Gasteiger partial charge >= 0.3 is 0 Å². The highest BCUT2D eigenvalue weighted by molar-refractivity contribution is 5.33. The van der Waals surface area contributed by atoms with Crippen LogP contribution in [0.5, 0.6) is 0 Å². The van der Waals surface area contributed by atoms with Crippen molar-refractivity contribution in [2.24, 2.45) is 5.41 Å². The zero-order valence-corrected chi connectivity index (χ0v) is 13.2. The van der Waals surface area contributed by atoms with Crippen molar-refractivity contribution in [2.45, 2.75) is 71.1 Å². The number of hydrogen-bond acceptors (Lipinski definition) is 2. The fourth-order valence-electron chi connectivity index (χ4n) is 3.91. The summed E-state index contributed by atoms with van der Waals surface area (Å²) < 4.78 is 8.19. The molecule has 1 atom stereocenters. The van der Waals surface area contributed by atoms with Crippen molar-refractivity contribution in [3.8, 4) is 0 Å². The van der Waals surface area contributed by atoms with E-state index >= 15 is 0 Å². The van der Waals surface area contributed by atoms with Gasteiger partial charge in [0.15, 0.2) is 0 Å². The van der Waals surface area contributed by atoms with Gasteiger partial charge in [-0.05, 0) is 50.5 Å². The van der Waals surface area contributed by atoms with E-state index in [1.54, 1.807) is 0 Å². The third kappa shape index (κ3) is 2.21. The van der Waals surface area contributed by atoms with Crippen LogP contribution in [-0.2, 0) is 17.7 Å². The Morgan fingerprint density at radius 1 is 1.40 bits per heavy atom. The van der Waals surface area contributed by atoms with E-state index in [1.807, 2.05) is 7.11 Å². The smallest absolute Gasteiger partial charge is 0.0856 e. The molecule has 0 amide bonds. The van der Waals surface area contributed by atoms with Gasteiger partial charge in [-0.1, -0.05) is 13.8 Å². The number of ether oxygens (including phenoxy) is 1. The maximum Gasteiger partial charge on any atom is 0.0856 e. The number of aliphatic hydroxyl groups is 1. The quantitative estimate of drug-likeness (QED) is 0.919. The summed E-state index contributed by atoms with van der Waals surface area (Å²) in [5, 5.41) is 10.4. The summed E-state index contributed by atoms with van der Waals surface area (Å²) in [4.78, 5) is 0. The Morgan fingerprint density at radius 3 is 2.65 bits per heavy atom. The first kappa shape index (κ1) is 14.2. The summed E-state index contributed by atoms with van der Waals surface area (Å²) in [6.45, 7) is 7.59. The largest absolute Gasteiger partial charge is 0.388 e. The molecule has 112 valence electrons. The van der Waals surface area contributed by atoms with Gasteiger partial charge in [-0.15, -0.1) is 0 Å². The minimum absolute atomic E-state index is 0.0318.